The van der Waals surface area contributed by atoms with Crippen molar-refractivity contribution >= 4 is 40.0 Å². The largest absolute Gasteiger partial charge is 0.357 e. The van der Waals surface area contributed by atoms with Crippen LogP contribution in [0.3, 0.4) is 0 Å². The highest BCUT2D eigenvalue weighted by atomic mass is 127. The average molecular weight is 509 g/mol. The third kappa shape index (κ3) is 6.88. The van der Waals surface area contributed by atoms with Crippen LogP contribution in [0.15, 0.2) is 34.2 Å². The first-order valence-corrected chi connectivity index (χ1v) is 10.6. The van der Waals surface area contributed by atoms with Crippen LogP contribution >= 0.6 is 24.0 Å². The molecular weight excluding hydrogens is 477 g/mol. The Bertz CT molecular complexity index is 716. The van der Waals surface area contributed by atoms with Crippen molar-refractivity contribution in [2.75, 3.05) is 39.8 Å². The van der Waals surface area contributed by atoms with Crippen molar-refractivity contribution < 1.29 is 8.42 Å². The molecular formula is C18H32IN5O2S. The van der Waals surface area contributed by atoms with Crippen LogP contribution in [-0.4, -0.2) is 69.4 Å². The average Bonchev–Trinajstić information content (AvgIpc) is 2.60. The minimum absolute atomic E-state index is 0. The second-order valence-electron chi connectivity index (χ2n) is 6.81. The van der Waals surface area contributed by atoms with Gasteiger partial charge in [-0.3, -0.25) is 0 Å². The van der Waals surface area contributed by atoms with Crippen molar-refractivity contribution in [3.05, 3.63) is 29.8 Å². The SMILES string of the molecule is CCNC(=NCc1ccccc1S(=O)(=O)N1CCN(C)CC1)NC(C)C.I. The minimum atomic E-state index is -3.50. The highest BCUT2D eigenvalue weighted by Crippen LogP contribution is 2.22. The van der Waals surface area contributed by atoms with Crippen molar-refractivity contribution in [2.45, 2.75) is 38.3 Å². The second-order valence-corrected chi connectivity index (χ2v) is 8.72. The number of nitrogens with zero attached hydrogens (tertiary/aromatic N) is 3. The maximum absolute atomic E-state index is 13.1. The summed E-state index contributed by atoms with van der Waals surface area (Å²) in [4.78, 5) is 7.06. The van der Waals surface area contributed by atoms with Gasteiger partial charge in [0.15, 0.2) is 5.96 Å². The summed E-state index contributed by atoms with van der Waals surface area (Å²) in [5, 5.41) is 6.44. The predicted molar refractivity (Wildman–Crippen MR) is 121 cm³/mol. The molecule has 0 saturated carbocycles. The van der Waals surface area contributed by atoms with Gasteiger partial charge in [0.05, 0.1) is 11.4 Å². The molecule has 2 N–H and O–H groups in total. The monoisotopic (exact) mass is 509 g/mol. The van der Waals surface area contributed by atoms with Crippen molar-refractivity contribution in [1.29, 1.82) is 0 Å². The van der Waals surface area contributed by atoms with Gasteiger partial charge in [-0.2, -0.15) is 4.31 Å². The summed E-state index contributed by atoms with van der Waals surface area (Å²) in [6.45, 7) is 9.69. The first-order valence-electron chi connectivity index (χ1n) is 9.16. The zero-order valence-corrected chi connectivity index (χ0v) is 19.8. The fraction of sp³-hybridized carbons (Fsp3) is 0.611. The van der Waals surface area contributed by atoms with E-state index in [0.717, 1.165) is 19.6 Å². The van der Waals surface area contributed by atoms with E-state index >= 15 is 0 Å². The number of benzene rings is 1. The Morgan fingerprint density at radius 2 is 1.81 bits per heavy atom. The highest BCUT2D eigenvalue weighted by Gasteiger charge is 2.29. The number of hydrogen-bond acceptors (Lipinski definition) is 4. The maximum Gasteiger partial charge on any atom is 0.243 e. The molecule has 1 aromatic rings. The molecule has 154 valence electrons. The van der Waals surface area contributed by atoms with E-state index in [1.54, 1.807) is 16.4 Å². The quantitative estimate of drug-likeness (QED) is 0.347. The summed E-state index contributed by atoms with van der Waals surface area (Å²) >= 11 is 0. The third-order valence-corrected chi connectivity index (χ3v) is 6.23. The number of hydrogen-bond donors (Lipinski definition) is 2. The molecule has 0 unspecified atom stereocenters. The van der Waals surface area contributed by atoms with Gasteiger partial charge in [0, 0.05) is 38.8 Å². The molecule has 0 bridgehead atoms. The molecule has 2 rings (SSSR count). The van der Waals surface area contributed by atoms with E-state index in [-0.39, 0.29) is 30.0 Å². The molecule has 0 aromatic heterocycles. The van der Waals surface area contributed by atoms with E-state index in [0.29, 0.717) is 36.1 Å². The molecule has 0 atom stereocenters. The van der Waals surface area contributed by atoms with Gasteiger partial charge in [0.25, 0.3) is 0 Å². The summed E-state index contributed by atoms with van der Waals surface area (Å²) in [5.74, 6) is 0.689. The number of piperazine rings is 1. The van der Waals surface area contributed by atoms with Crippen molar-refractivity contribution in [3.63, 3.8) is 0 Å². The molecule has 1 fully saturated rings. The Morgan fingerprint density at radius 3 is 2.41 bits per heavy atom. The molecule has 1 saturated heterocycles. The van der Waals surface area contributed by atoms with Crippen LogP contribution in [0.1, 0.15) is 26.3 Å². The Balaban J connectivity index is 0.00000364. The van der Waals surface area contributed by atoms with Crippen LogP contribution in [0, 0.1) is 0 Å². The van der Waals surface area contributed by atoms with Crippen molar-refractivity contribution in [3.8, 4) is 0 Å². The van der Waals surface area contributed by atoms with Gasteiger partial charge in [0.2, 0.25) is 10.0 Å². The number of halogens is 1. The van der Waals surface area contributed by atoms with Crippen LogP contribution in [0.4, 0.5) is 0 Å². The fourth-order valence-corrected chi connectivity index (χ4v) is 4.45. The maximum atomic E-state index is 13.1. The lowest BCUT2D eigenvalue weighted by Gasteiger charge is -2.32. The standard InChI is InChI=1S/C18H31N5O2S.HI/c1-5-19-18(21-15(2)3)20-14-16-8-6-7-9-17(16)26(24,25)23-12-10-22(4)11-13-23;/h6-9,15H,5,10-14H2,1-4H3,(H2,19,20,21);1H. The molecule has 9 heteroatoms. The minimum Gasteiger partial charge on any atom is -0.357 e. The fourth-order valence-electron chi connectivity index (χ4n) is 2.81. The lowest BCUT2D eigenvalue weighted by molar-refractivity contribution is 0.222. The molecule has 1 aliphatic heterocycles. The molecule has 1 aliphatic rings. The molecule has 1 aromatic carbocycles. The number of likely N-dealkylation sites (N-methyl/N-ethyl adjacent to an activating group) is 1. The number of guanidine groups is 1. The van der Waals surface area contributed by atoms with Crippen LogP contribution in [0.5, 0.6) is 0 Å². The van der Waals surface area contributed by atoms with Gasteiger partial charge in [-0.1, -0.05) is 18.2 Å². The van der Waals surface area contributed by atoms with E-state index in [4.69, 9.17) is 0 Å². The summed E-state index contributed by atoms with van der Waals surface area (Å²) in [6.07, 6.45) is 0. The van der Waals surface area contributed by atoms with Gasteiger partial charge >= 0.3 is 0 Å². The molecule has 0 aliphatic carbocycles. The lowest BCUT2D eigenvalue weighted by atomic mass is 10.2. The van der Waals surface area contributed by atoms with Gasteiger partial charge in [-0.15, -0.1) is 24.0 Å². The first-order chi connectivity index (χ1) is 12.3. The topological polar surface area (TPSA) is 77.0 Å². The van der Waals surface area contributed by atoms with Crippen LogP contribution in [0.2, 0.25) is 0 Å². The molecule has 0 amide bonds. The zero-order chi connectivity index (χ0) is 19.2. The van der Waals surface area contributed by atoms with E-state index in [1.165, 1.54) is 0 Å². The highest BCUT2D eigenvalue weighted by molar-refractivity contribution is 14.0. The van der Waals surface area contributed by atoms with E-state index < -0.39 is 10.0 Å². The Morgan fingerprint density at radius 1 is 1.19 bits per heavy atom. The Kier molecular flexibility index (Phi) is 9.99. The summed E-state index contributed by atoms with van der Waals surface area (Å²) < 4.78 is 27.8. The lowest BCUT2D eigenvalue weighted by Crippen LogP contribution is -2.47. The van der Waals surface area contributed by atoms with Gasteiger partial charge < -0.3 is 15.5 Å². The normalized spacial score (nSPS) is 16.9. The first kappa shape index (κ1) is 24.1. The van der Waals surface area contributed by atoms with Crippen LogP contribution in [-0.2, 0) is 16.6 Å². The molecule has 0 spiro atoms. The van der Waals surface area contributed by atoms with Crippen LogP contribution in [0.25, 0.3) is 0 Å². The number of sulfonamides is 1. The van der Waals surface area contributed by atoms with E-state index in [1.807, 2.05) is 40.0 Å². The number of rotatable bonds is 6. The van der Waals surface area contributed by atoms with Gasteiger partial charge in [-0.05, 0) is 39.4 Å². The Hall–Kier alpha value is -0.910. The van der Waals surface area contributed by atoms with Gasteiger partial charge in [-0.25, -0.2) is 13.4 Å². The zero-order valence-electron chi connectivity index (χ0n) is 16.6. The summed E-state index contributed by atoms with van der Waals surface area (Å²) in [6, 6.07) is 7.40. The smallest absolute Gasteiger partial charge is 0.243 e. The van der Waals surface area contributed by atoms with Crippen molar-refractivity contribution in [2.24, 2.45) is 4.99 Å². The summed E-state index contributed by atoms with van der Waals surface area (Å²) in [5.41, 5.74) is 0.715. The van der Waals surface area contributed by atoms with Crippen LogP contribution < -0.4 is 10.6 Å². The van der Waals surface area contributed by atoms with E-state index in [9.17, 15) is 8.42 Å². The Labute approximate surface area is 180 Å². The number of nitrogens with one attached hydrogen (secondary N) is 2. The van der Waals surface area contributed by atoms with Crippen molar-refractivity contribution in [1.82, 2.24) is 19.8 Å². The summed E-state index contributed by atoms with van der Waals surface area (Å²) in [7, 11) is -1.49. The van der Waals surface area contributed by atoms with E-state index in [2.05, 4.69) is 20.5 Å². The third-order valence-electron chi connectivity index (χ3n) is 4.23. The van der Waals surface area contributed by atoms with Gasteiger partial charge in [0.1, 0.15) is 0 Å². The molecule has 0 radical (unpaired) electrons. The molecule has 27 heavy (non-hydrogen) atoms. The molecule has 7 nitrogen and oxygen atoms in total. The second kappa shape index (κ2) is 11.2. The predicted octanol–water partition coefficient (Wildman–Crippen LogP) is 1.70. The molecule has 1 heterocycles. The number of aliphatic imine (C=N–C) groups is 1.